The molecule has 0 radical (unpaired) electrons. The maximum Gasteiger partial charge on any atom is 0.319 e. The molecule has 0 saturated heterocycles. The molecule has 0 saturated carbocycles. The minimum Gasteiger partial charge on any atom is -0.454 e. The molecule has 0 fully saturated rings. The molecule has 2 N–H and O–H groups in total. The normalized spacial score (nSPS) is 12.3. The Kier molecular flexibility index (Phi) is 4.02. The molecule has 1 aromatic carbocycles. The Labute approximate surface area is 162 Å². The third-order valence-electron chi connectivity index (χ3n) is 4.18. The van der Waals surface area contributed by atoms with Crippen molar-refractivity contribution in [1.82, 2.24) is 25.1 Å². The Hall–Kier alpha value is -3.66. The van der Waals surface area contributed by atoms with Crippen LogP contribution in [0.25, 0.3) is 16.9 Å². The van der Waals surface area contributed by atoms with Gasteiger partial charge >= 0.3 is 6.03 Å². The number of fused-ring (bicyclic) bond motifs is 2. The predicted molar refractivity (Wildman–Crippen MR) is 103 cm³/mol. The van der Waals surface area contributed by atoms with E-state index in [2.05, 4.69) is 25.9 Å². The van der Waals surface area contributed by atoms with E-state index < -0.39 is 0 Å². The summed E-state index contributed by atoms with van der Waals surface area (Å²) in [6, 6.07) is 10.6. The number of hydrogen-bond acceptors (Lipinski definition) is 7. The van der Waals surface area contributed by atoms with Gasteiger partial charge < -0.3 is 20.1 Å². The summed E-state index contributed by atoms with van der Waals surface area (Å²) in [5, 5.41) is 22.3. The highest BCUT2D eigenvalue weighted by atomic mass is 32.1. The summed E-state index contributed by atoms with van der Waals surface area (Å²) in [6.45, 7) is 0.364. The van der Waals surface area contributed by atoms with Gasteiger partial charge in [0.15, 0.2) is 23.0 Å². The Morgan fingerprint density at radius 2 is 2.07 bits per heavy atom. The highest BCUT2D eigenvalue weighted by molar-refractivity contribution is 7.08. The first-order chi connectivity index (χ1) is 13.8. The summed E-state index contributed by atoms with van der Waals surface area (Å²) < 4.78 is 12.2. The largest absolute Gasteiger partial charge is 0.454 e. The first-order valence-corrected chi connectivity index (χ1v) is 9.39. The average Bonchev–Trinajstić information content (AvgIpc) is 3.45. The van der Waals surface area contributed by atoms with E-state index in [4.69, 9.17) is 9.47 Å². The van der Waals surface area contributed by atoms with Crippen molar-refractivity contribution in [3.8, 4) is 22.8 Å². The van der Waals surface area contributed by atoms with Crippen LogP contribution in [0.1, 0.15) is 5.82 Å². The third kappa shape index (κ3) is 3.09. The number of nitrogens with one attached hydrogen (secondary N) is 2. The molecular weight excluding hydrogens is 380 g/mol. The number of carbonyl (C=O) groups excluding carboxylic acids is 1. The summed E-state index contributed by atoms with van der Waals surface area (Å²) in [6.07, 6.45) is 0. The molecule has 9 nitrogen and oxygen atoms in total. The first kappa shape index (κ1) is 16.5. The molecule has 28 heavy (non-hydrogen) atoms. The van der Waals surface area contributed by atoms with E-state index in [0.29, 0.717) is 28.7 Å². The van der Waals surface area contributed by atoms with Gasteiger partial charge in [-0.2, -0.15) is 21.0 Å². The third-order valence-corrected chi connectivity index (χ3v) is 4.87. The molecule has 0 aliphatic carbocycles. The standard InChI is InChI=1S/C18H14N6O3S/c25-18(20-12-1-3-14-15(7-12)27-10-26-14)19-8-17-22-21-16-4-2-13(23-24(16)17)11-5-6-28-9-11/h1-7,9H,8,10H2,(H2,19,20,25). The number of hydrogen-bond donors (Lipinski definition) is 2. The molecule has 0 bridgehead atoms. The summed E-state index contributed by atoms with van der Waals surface area (Å²) in [7, 11) is 0. The summed E-state index contributed by atoms with van der Waals surface area (Å²) in [5.74, 6) is 1.80. The van der Waals surface area contributed by atoms with Crippen LogP contribution in [-0.2, 0) is 6.54 Å². The molecule has 10 heteroatoms. The molecular formula is C18H14N6O3S. The van der Waals surface area contributed by atoms with Crippen LogP contribution in [0.4, 0.5) is 10.5 Å². The van der Waals surface area contributed by atoms with Gasteiger partial charge in [0.05, 0.1) is 12.2 Å². The molecule has 5 rings (SSSR count). The molecule has 0 atom stereocenters. The number of nitrogens with zero attached hydrogens (tertiary/aromatic N) is 4. The number of amides is 2. The maximum atomic E-state index is 12.2. The van der Waals surface area contributed by atoms with Crippen LogP contribution in [0.3, 0.4) is 0 Å². The van der Waals surface area contributed by atoms with Crippen LogP contribution >= 0.6 is 11.3 Å². The van der Waals surface area contributed by atoms with Gasteiger partial charge in [0.1, 0.15) is 0 Å². The summed E-state index contributed by atoms with van der Waals surface area (Å²) in [5.41, 5.74) is 3.07. The second-order valence-electron chi connectivity index (χ2n) is 5.99. The van der Waals surface area contributed by atoms with Gasteiger partial charge in [0, 0.05) is 22.7 Å². The fourth-order valence-electron chi connectivity index (χ4n) is 2.82. The summed E-state index contributed by atoms with van der Waals surface area (Å²) in [4.78, 5) is 12.2. The zero-order chi connectivity index (χ0) is 18.9. The molecule has 4 aromatic rings. The highest BCUT2D eigenvalue weighted by Crippen LogP contribution is 2.34. The predicted octanol–water partition coefficient (Wildman–Crippen LogP) is 2.90. The Bertz CT molecular complexity index is 1160. The molecule has 1 aliphatic rings. The van der Waals surface area contributed by atoms with Crippen molar-refractivity contribution in [2.45, 2.75) is 6.54 Å². The van der Waals surface area contributed by atoms with Gasteiger partial charge in [-0.1, -0.05) is 0 Å². The van der Waals surface area contributed by atoms with Gasteiger partial charge in [-0.15, -0.1) is 10.2 Å². The van der Waals surface area contributed by atoms with Gasteiger partial charge in [0.2, 0.25) is 6.79 Å². The average molecular weight is 394 g/mol. The first-order valence-electron chi connectivity index (χ1n) is 8.45. The minimum atomic E-state index is -0.371. The number of carbonyl (C=O) groups is 1. The monoisotopic (exact) mass is 394 g/mol. The Morgan fingerprint density at radius 3 is 2.96 bits per heavy atom. The smallest absolute Gasteiger partial charge is 0.319 e. The van der Waals surface area contributed by atoms with Crippen molar-refractivity contribution >= 4 is 28.7 Å². The molecule has 4 heterocycles. The van der Waals surface area contributed by atoms with E-state index in [1.807, 2.05) is 29.0 Å². The second-order valence-corrected chi connectivity index (χ2v) is 6.77. The number of rotatable bonds is 4. The lowest BCUT2D eigenvalue weighted by Crippen LogP contribution is -2.29. The van der Waals surface area contributed by atoms with Crippen LogP contribution in [0, 0.1) is 0 Å². The van der Waals surface area contributed by atoms with Crippen LogP contribution in [-0.4, -0.2) is 32.6 Å². The number of aromatic nitrogens is 4. The van der Waals surface area contributed by atoms with Crippen LogP contribution in [0.2, 0.25) is 0 Å². The number of ether oxygens (including phenoxy) is 2. The molecule has 1 aliphatic heterocycles. The van der Waals surface area contributed by atoms with E-state index >= 15 is 0 Å². The lowest BCUT2D eigenvalue weighted by atomic mass is 10.2. The number of urea groups is 1. The zero-order valence-corrected chi connectivity index (χ0v) is 15.3. The highest BCUT2D eigenvalue weighted by Gasteiger charge is 2.15. The Morgan fingerprint density at radius 1 is 1.14 bits per heavy atom. The lowest BCUT2D eigenvalue weighted by Gasteiger charge is -2.07. The van der Waals surface area contributed by atoms with E-state index in [0.717, 1.165) is 11.3 Å². The van der Waals surface area contributed by atoms with Crippen LogP contribution < -0.4 is 20.1 Å². The molecule has 3 aromatic heterocycles. The van der Waals surface area contributed by atoms with Gasteiger partial charge in [0.25, 0.3) is 0 Å². The maximum absolute atomic E-state index is 12.2. The van der Waals surface area contributed by atoms with Crippen LogP contribution in [0.5, 0.6) is 11.5 Å². The number of anilines is 1. The number of thiophene rings is 1. The Balaban J connectivity index is 1.29. The number of benzene rings is 1. The van der Waals surface area contributed by atoms with E-state index in [1.165, 1.54) is 0 Å². The molecule has 140 valence electrons. The quantitative estimate of drug-likeness (QED) is 0.552. The van der Waals surface area contributed by atoms with Gasteiger partial charge in [-0.05, 0) is 35.7 Å². The minimum absolute atomic E-state index is 0.178. The fraction of sp³-hybridized carbons (Fsp3) is 0.111. The van der Waals surface area contributed by atoms with E-state index in [1.54, 1.807) is 34.1 Å². The van der Waals surface area contributed by atoms with Crippen molar-refractivity contribution < 1.29 is 14.3 Å². The lowest BCUT2D eigenvalue weighted by molar-refractivity contribution is 0.174. The van der Waals surface area contributed by atoms with Crippen LogP contribution in [0.15, 0.2) is 47.2 Å². The summed E-state index contributed by atoms with van der Waals surface area (Å²) >= 11 is 1.61. The van der Waals surface area contributed by atoms with Gasteiger partial charge in [-0.25, -0.2) is 4.79 Å². The van der Waals surface area contributed by atoms with Gasteiger partial charge in [-0.3, -0.25) is 0 Å². The van der Waals surface area contributed by atoms with Crippen molar-refractivity contribution in [3.05, 3.63) is 53.0 Å². The van der Waals surface area contributed by atoms with Crippen molar-refractivity contribution in [2.75, 3.05) is 12.1 Å². The van der Waals surface area contributed by atoms with E-state index in [9.17, 15) is 4.79 Å². The molecule has 0 spiro atoms. The van der Waals surface area contributed by atoms with Crippen molar-refractivity contribution in [2.24, 2.45) is 0 Å². The topological polar surface area (TPSA) is 103 Å². The molecule has 2 amide bonds. The van der Waals surface area contributed by atoms with Crippen molar-refractivity contribution in [1.29, 1.82) is 0 Å². The zero-order valence-electron chi connectivity index (χ0n) is 14.5. The molecule has 0 unspecified atom stereocenters. The SMILES string of the molecule is O=C(NCc1nnc2ccc(-c3ccsc3)nn12)Nc1ccc2c(c1)OCO2. The van der Waals surface area contributed by atoms with Crippen molar-refractivity contribution in [3.63, 3.8) is 0 Å². The fourth-order valence-corrected chi connectivity index (χ4v) is 3.47. The second kappa shape index (κ2) is 6.82. The van der Waals surface area contributed by atoms with E-state index in [-0.39, 0.29) is 19.4 Å².